The molecular weight excluding hydrogens is 260 g/mol. The van der Waals surface area contributed by atoms with Crippen molar-refractivity contribution in [1.82, 2.24) is 15.0 Å². The van der Waals surface area contributed by atoms with Crippen molar-refractivity contribution >= 4 is 29.6 Å². The maximum absolute atomic E-state index is 4.46. The Balaban J connectivity index is 2.12. The lowest BCUT2D eigenvalue weighted by atomic mass is 10.2. The minimum Gasteiger partial charge on any atom is -0.354 e. The highest BCUT2D eigenvalue weighted by Gasteiger charge is 2.16. The number of hydrogen-bond acceptors (Lipinski definition) is 7. The normalized spacial score (nSPS) is 16.2. The average Bonchev–Trinajstić information content (AvgIpc) is 2.40. The van der Waals surface area contributed by atoms with E-state index in [0.29, 0.717) is 23.9 Å². The molecule has 0 amide bonds. The van der Waals surface area contributed by atoms with Crippen LogP contribution in [0.2, 0.25) is 0 Å². The van der Waals surface area contributed by atoms with Gasteiger partial charge in [0.15, 0.2) is 0 Å². The van der Waals surface area contributed by atoms with Gasteiger partial charge >= 0.3 is 0 Å². The molecule has 7 heteroatoms. The third kappa shape index (κ3) is 4.12. The van der Waals surface area contributed by atoms with Crippen molar-refractivity contribution in [3.63, 3.8) is 0 Å². The van der Waals surface area contributed by atoms with Crippen molar-refractivity contribution < 1.29 is 0 Å². The summed E-state index contributed by atoms with van der Waals surface area (Å²) in [6.07, 6.45) is 2.34. The van der Waals surface area contributed by atoms with Gasteiger partial charge in [0, 0.05) is 26.7 Å². The second-order valence-corrected chi connectivity index (χ2v) is 5.96. The summed E-state index contributed by atoms with van der Waals surface area (Å²) >= 11 is 2.01. The molecule has 1 aromatic heterocycles. The van der Waals surface area contributed by atoms with Gasteiger partial charge in [-0.3, -0.25) is 0 Å². The van der Waals surface area contributed by atoms with Crippen LogP contribution in [0.3, 0.4) is 0 Å². The van der Waals surface area contributed by atoms with Crippen molar-refractivity contribution in [2.24, 2.45) is 0 Å². The number of rotatable bonds is 5. The minimum absolute atomic E-state index is 0.480. The molecule has 0 atom stereocenters. The smallest absolute Gasteiger partial charge is 0.231 e. The van der Waals surface area contributed by atoms with Crippen LogP contribution in [0.1, 0.15) is 19.8 Å². The molecule has 106 valence electrons. The van der Waals surface area contributed by atoms with Crippen molar-refractivity contribution in [1.29, 1.82) is 0 Å². The van der Waals surface area contributed by atoms with E-state index in [1.807, 2.05) is 37.7 Å². The van der Waals surface area contributed by atoms with Crippen molar-refractivity contribution in [2.75, 3.05) is 47.7 Å². The summed E-state index contributed by atoms with van der Waals surface area (Å²) in [6, 6.07) is 0.480. The number of nitrogens with one attached hydrogen (secondary N) is 2. The largest absolute Gasteiger partial charge is 0.354 e. The first-order valence-corrected chi connectivity index (χ1v) is 7.86. The van der Waals surface area contributed by atoms with Crippen LogP contribution < -0.4 is 15.5 Å². The zero-order valence-corrected chi connectivity index (χ0v) is 12.6. The van der Waals surface area contributed by atoms with Crippen molar-refractivity contribution in [3.8, 4) is 0 Å². The number of anilines is 3. The monoisotopic (exact) mass is 282 g/mol. The Labute approximate surface area is 118 Å². The first-order chi connectivity index (χ1) is 9.19. The zero-order valence-electron chi connectivity index (χ0n) is 11.8. The molecule has 2 N–H and O–H groups in total. The molecule has 1 aliphatic rings. The van der Waals surface area contributed by atoms with Gasteiger partial charge in [0.05, 0.1) is 0 Å². The molecule has 1 aromatic rings. The molecular formula is C12H22N6S. The quantitative estimate of drug-likeness (QED) is 0.851. The third-order valence-electron chi connectivity index (χ3n) is 2.91. The zero-order chi connectivity index (χ0) is 13.7. The van der Waals surface area contributed by atoms with Gasteiger partial charge in [-0.05, 0) is 31.3 Å². The van der Waals surface area contributed by atoms with Crippen LogP contribution in [-0.2, 0) is 0 Å². The number of aromatic nitrogens is 3. The third-order valence-corrected chi connectivity index (χ3v) is 3.96. The van der Waals surface area contributed by atoms with E-state index in [9.17, 15) is 0 Å². The molecule has 6 nitrogen and oxygen atoms in total. The second-order valence-electron chi connectivity index (χ2n) is 4.74. The Bertz CT molecular complexity index is 405. The molecule has 0 aromatic carbocycles. The fraction of sp³-hybridized carbons (Fsp3) is 0.750. The lowest BCUT2D eigenvalue weighted by Crippen LogP contribution is -2.26. The van der Waals surface area contributed by atoms with Gasteiger partial charge in [0.1, 0.15) is 0 Å². The maximum atomic E-state index is 4.46. The van der Waals surface area contributed by atoms with Gasteiger partial charge in [-0.2, -0.15) is 26.7 Å². The summed E-state index contributed by atoms with van der Waals surface area (Å²) < 4.78 is 0. The molecule has 1 saturated heterocycles. The summed E-state index contributed by atoms with van der Waals surface area (Å²) in [6.45, 7) is 2.83. The highest BCUT2D eigenvalue weighted by Crippen LogP contribution is 2.20. The number of hydrogen-bond donors (Lipinski definition) is 2. The lowest BCUT2D eigenvalue weighted by molar-refractivity contribution is 0.659. The molecule has 0 aliphatic carbocycles. The SMILES string of the molecule is CCNc1nc(NC2CCSCC2)nc(N(C)C)n1. The molecule has 2 heterocycles. The van der Waals surface area contributed by atoms with Gasteiger partial charge in [-0.25, -0.2) is 0 Å². The molecule has 19 heavy (non-hydrogen) atoms. The highest BCUT2D eigenvalue weighted by molar-refractivity contribution is 7.99. The van der Waals surface area contributed by atoms with Crippen LogP contribution in [-0.4, -0.2) is 53.1 Å². The summed E-state index contributed by atoms with van der Waals surface area (Å²) in [5.74, 6) is 4.41. The van der Waals surface area contributed by atoms with E-state index >= 15 is 0 Å². The van der Waals surface area contributed by atoms with Gasteiger partial charge in [0.25, 0.3) is 0 Å². The predicted molar refractivity (Wildman–Crippen MR) is 82.3 cm³/mol. The fourth-order valence-corrected chi connectivity index (χ4v) is 3.00. The molecule has 2 rings (SSSR count). The van der Waals surface area contributed by atoms with E-state index in [4.69, 9.17) is 0 Å². The predicted octanol–water partition coefficient (Wildman–Crippen LogP) is 1.68. The minimum atomic E-state index is 0.480. The Hall–Kier alpha value is -1.24. The first kappa shape index (κ1) is 14.2. The van der Waals surface area contributed by atoms with Gasteiger partial charge in [-0.1, -0.05) is 0 Å². The molecule has 0 unspecified atom stereocenters. The Morgan fingerprint density at radius 3 is 2.47 bits per heavy atom. The lowest BCUT2D eigenvalue weighted by Gasteiger charge is -2.23. The number of nitrogens with zero attached hydrogens (tertiary/aromatic N) is 4. The van der Waals surface area contributed by atoms with Crippen LogP contribution in [0, 0.1) is 0 Å². The van der Waals surface area contributed by atoms with E-state index in [1.165, 1.54) is 24.3 Å². The van der Waals surface area contributed by atoms with E-state index in [-0.39, 0.29) is 0 Å². The highest BCUT2D eigenvalue weighted by atomic mass is 32.2. The summed E-state index contributed by atoms with van der Waals surface area (Å²) in [5.41, 5.74) is 0. The standard InChI is InChI=1S/C12H22N6S/c1-4-13-10-15-11(17-12(16-10)18(2)3)14-9-5-7-19-8-6-9/h9H,4-8H2,1-3H3,(H2,13,14,15,16,17). The van der Waals surface area contributed by atoms with Crippen LogP contribution in [0.5, 0.6) is 0 Å². The van der Waals surface area contributed by atoms with Crippen LogP contribution in [0.25, 0.3) is 0 Å². The topological polar surface area (TPSA) is 66.0 Å². The van der Waals surface area contributed by atoms with Crippen LogP contribution >= 0.6 is 11.8 Å². The Morgan fingerprint density at radius 1 is 1.16 bits per heavy atom. The molecule has 0 spiro atoms. The van der Waals surface area contributed by atoms with Crippen LogP contribution in [0.15, 0.2) is 0 Å². The van der Waals surface area contributed by atoms with Crippen molar-refractivity contribution in [2.45, 2.75) is 25.8 Å². The maximum Gasteiger partial charge on any atom is 0.231 e. The molecule has 0 bridgehead atoms. The van der Waals surface area contributed by atoms with Crippen molar-refractivity contribution in [3.05, 3.63) is 0 Å². The Morgan fingerprint density at radius 2 is 1.84 bits per heavy atom. The molecule has 1 aliphatic heterocycles. The average molecular weight is 282 g/mol. The summed E-state index contributed by atoms with van der Waals surface area (Å²) in [4.78, 5) is 15.1. The van der Waals surface area contributed by atoms with Crippen LogP contribution in [0.4, 0.5) is 17.8 Å². The van der Waals surface area contributed by atoms with E-state index in [0.717, 1.165) is 6.54 Å². The molecule has 1 fully saturated rings. The molecule has 0 radical (unpaired) electrons. The Kier molecular flexibility index (Phi) is 5.07. The second kappa shape index (κ2) is 6.79. The van der Waals surface area contributed by atoms with E-state index in [1.54, 1.807) is 0 Å². The summed E-state index contributed by atoms with van der Waals surface area (Å²) in [7, 11) is 3.87. The van der Waals surface area contributed by atoms with Gasteiger partial charge in [-0.15, -0.1) is 0 Å². The molecule has 0 saturated carbocycles. The summed E-state index contributed by atoms with van der Waals surface area (Å²) in [5, 5.41) is 6.58. The number of thioether (sulfide) groups is 1. The van der Waals surface area contributed by atoms with Gasteiger partial charge in [0.2, 0.25) is 17.8 Å². The first-order valence-electron chi connectivity index (χ1n) is 6.70. The van der Waals surface area contributed by atoms with E-state index < -0.39 is 0 Å². The fourth-order valence-electron chi connectivity index (χ4n) is 1.89. The van der Waals surface area contributed by atoms with E-state index in [2.05, 4.69) is 25.6 Å². The van der Waals surface area contributed by atoms with Gasteiger partial charge < -0.3 is 15.5 Å².